The molecule has 1 aromatic rings. The summed E-state index contributed by atoms with van der Waals surface area (Å²) in [6.45, 7) is 3.79. The third kappa shape index (κ3) is 2.58. The van der Waals surface area contributed by atoms with E-state index in [1.807, 2.05) is 13.8 Å². The standard InChI is InChI=1S/C9H10FO/c1-7(2)11-9-5-3-4-8(10)6-9/h3,5-7H,1-2H3. The van der Waals surface area contributed by atoms with Crippen molar-refractivity contribution in [2.75, 3.05) is 0 Å². The predicted octanol–water partition coefficient (Wildman–Crippen LogP) is 2.41. The molecule has 0 bridgehead atoms. The van der Waals surface area contributed by atoms with E-state index in [1.54, 1.807) is 6.07 Å². The second-order valence-electron chi connectivity index (χ2n) is 2.54. The molecule has 0 aliphatic carbocycles. The van der Waals surface area contributed by atoms with Crippen molar-refractivity contribution in [3.8, 4) is 5.75 Å². The Kier molecular flexibility index (Phi) is 2.47. The molecular formula is C9H10FO. The zero-order valence-corrected chi connectivity index (χ0v) is 6.60. The molecule has 0 fully saturated rings. The van der Waals surface area contributed by atoms with Crippen molar-refractivity contribution in [3.05, 3.63) is 30.1 Å². The number of ether oxygens (including phenoxy) is 1. The lowest BCUT2D eigenvalue weighted by Crippen LogP contribution is -2.05. The normalized spacial score (nSPS) is 10.2. The highest BCUT2D eigenvalue weighted by molar-refractivity contribution is 5.21. The first-order chi connectivity index (χ1) is 5.18. The van der Waals surface area contributed by atoms with Crippen LogP contribution in [0.3, 0.4) is 0 Å². The zero-order chi connectivity index (χ0) is 8.27. The summed E-state index contributed by atoms with van der Waals surface area (Å²) >= 11 is 0. The maximum absolute atomic E-state index is 12.5. The van der Waals surface area contributed by atoms with Crippen LogP contribution < -0.4 is 4.74 Å². The van der Waals surface area contributed by atoms with Gasteiger partial charge in [-0.3, -0.25) is 0 Å². The summed E-state index contributed by atoms with van der Waals surface area (Å²) in [5.74, 6) is 0.166. The highest BCUT2D eigenvalue weighted by atomic mass is 19.1. The van der Waals surface area contributed by atoms with Gasteiger partial charge >= 0.3 is 0 Å². The van der Waals surface area contributed by atoms with Crippen LogP contribution in [0.15, 0.2) is 18.2 Å². The number of rotatable bonds is 2. The van der Waals surface area contributed by atoms with Crippen LogP contribution >= 0.6 is 0 Å². The van der Waals surface area contributed by atoms with E-state index in [2.05, 4.69) is 6.07 Å². The molecule has 0 aliphatic heterocycles. The molecule has 1 radical (unpaired) electrons. The van der Waals surface area contributed by atoms with Gasteiger partial charge in [0, 0.05) is 12.1 Å². The molecule has 0 unspecified atom stereocenters. The zero-order valence-electron chi connectivity index (χ0n) is 6.60. The average molecular weight is 153 g/mol. The fourth-order valence-electron chi connectivity index (χ4n) is 0.764. The summed E-state index contributed by atoms with van der Waals surface area (Å²) in [6, 6.07) is 6.91. The maximum atomic E-state index is 12.5. The lowest BCUT2D eigenvalue weighted by atomic mass is 10.3. The van der Waals surface area contributed by atoms with E-state index in [-0.39, 0.29) is 11.9 Å². The molecule has 2 heteroatoms. The van der Waals surface area contributed by atoms with Crippen LogP contribution in [0, 0.1) is 11.9 Å². The minimum absolute atomic E-state index is 0.0804. The molecule has 0 saturated carbocycles. The van der Waals surface area contributed by atoms with Crippen LogP contribution in [0.4, 0.5) is 4.39 Å². The Morgan fingerprint density at radius 1 is 1.55 bits per heavy atom. The summed E-state index contributed by atoms with van der Waals surface area (Å²) < 4.78 is 17.7. The second-order valence-corrected chi connectivity index (χ2v) is 2.54. The van der Waals surface area contributed by atoms with Gasteiger partial charge in [-0.25, -0.2) is 4.39 Å². The van der Waals surface area contributed by atoms with E-state index in [0.717, 1.165) is 0 Å². The molecule has 59 valence electrons. The molecule has 0 heterocycles. The highest BCUT2D eigenvalue weighted by Crippen LogP contribution is 2.12. The van der Waals surface area contributed by atoms with Crippen LogP contribution in [0.2, 0.25) is 0 Å². The van der Waals surface area contributed by atoms with Crippen molar-refractivity contribution in [3.63, 3.8) is 0 Å². The van der Waals surface area contributed by atoms with Crippen molar-refractivity contribution in [1.29, 1.82) is 0 Å². The Morgan fingerprint density at radius 3 is 2.82 bits per heavy atom. The van der Waals surface area contributed by atoms with Crippen LogP contribution in [0.5, 0.6) is 5.75 Å². The second kappa shape index (κ2) is 3.37. The predicted molar refractivity (Wildman–Crippen MR) is 41.0 cm³/mol. The number of benzene rings is 1. The van der Waals surface area contributed by atoms with E-state index < -0.39 is 0 Å². The van der Waals surface area contributed by atoms with Gasteiger partial charge in [-0.1, -0.05) is 0 Å². The van der Waals surface area contributed by atoms with Crippen LogP contribution in [-0.2, 0) is 0 Å². The van der Waals surface area contributed by atoms with Gasteiger partial charge in [0.15, 0.2) is 0 Å². The van der Waals surface area contributed by atoms with Gasteiger partial charge in [-0.2, -0.15) is 0 Å². The van der Waals surface area contributed by atoms with Crippen LogP contribution in [0.1, 0.15) is 13.8 Å². The monoisotopic (exact) mass is 153 g/mol. The van der Waals surface area contributed by atoms with Gasteiger partial charge in [0.1, 0.15) is 11.6 Å². The fraction of sp³-hybridized carbons (Fsp3) is 0.333. The number of halogens is 1. The Labute approximate surface area is 65.8 Å². The lowest BCUT2D eigenvalue weighted by molar-refractivity contribution is 0.241. The summed E-state index contributed by atoms with van der Waals surface area (Å²) in [4.78, 5) is 0. The van der Waals surface area contributed by atoms with Crippen molar-refractivity contribution in [2.45, 2.75) is 20.0 Å². The molecule has 0 aliphatic rings. The summed E-state index contributed by atoms with van der Waals surface area (Å²) in [5, 5.41) is 0. The van der Waals surface area contributed by atoms with Gasteiger partial charge in [0.25, 0.3) is 0 Å². The van der Waals surface area contributed by atoms with Crippen molar-refractivity contribution in [2.24, 2.45) is 0 Å². The third-order valence-corrected chi connectivity index (χ3v) is 1.11. The van der Waals surface area contributed by atoms with E-state index in [9.17, 15) is 4.39 Å². The molecule has 0 N–H and O–H groups in total. The smallest absolute Gasteiger partial charge is 0.134 e. The van der Waals surface area contributed by atoms with Gasteiger partial charge in [0.2, 0.25) is 0 Å². The SMILES string of the molecule is CC(C)Oc1cc[c]c(F)c1. The van der Waals surface area contributed by atoms with E-state index in [0.29, 0.717) is 5.75 Å². The van der Waals surface area contributed by atoms with Gasteiger partial charge in [-0.15, -0.1) is 0 Å². The minimum Gasteiger partial charge on any atom is -0.491 e. The largest absolute Gasteiger partial charge is 0.491 e. The maximum Gasteiger partial charge on any atom is 0.134 e. The third-order valence-electron chi connectivity index (χ3n) is 1.11. The molecule has 0 aromatic heterocycles. The van der Waals surface area contributed by atoms with Crippen LogP contribution in [0.25, 0.3) is 0 Å². The Hall–Kier alpha value is -1.05. The Bertz CT molecular complexity index is 233. The van der Waals surface area contributed by atoms with Crippen molar-refractivity contribution >= 4 is 0 Å². The number of hydrogen-bond acceptors (Lipinski definition) is 1. The van der Waals surface area contributed by atoms with E-state index in [4.69, 9.17) is 4.74 Å². The van der Waals surface area contributed by atoms with Gasteiger partial charge < -0.3 is 4.74 Å². The first-order valence-corrected chi connectivity index (χ1v) is 3.52. The fourth-order valence-corrected chi connectivity index (χ4v) is 0.764. The minimum atomic E-state index is -0.386. The molecule has 11 heavy (non-hydrogen) atoms. The molecule has 0 atom stereocenters. The topological polar surface area (TPSA) is 9.23 Å². The molecule has 0 amide bonds. The molecule has 0 saturated heterocycles. The molecule has 1 aromatic carbocycles. The molecule has 1 nitrogen and oxygen atoms in total. The lowest BCUT2D eigenvalue weighted by Gasteiger charge is -2.08. The molecule has 0 spiro atoms. The number of hydrogen-bond donors (Lipinski definition) is 0. The van der Waals surface area contributed by atoms with E-state index in [1.165, 1.54) is 12.1 Å². The van der Waals surface area contributed by atoms with Gasteiger partial charge in [-0.05, 0) is 26.0 Å². The van der Waals surface area contributed by atoms with Crippen molar-refractivity contribution < 1.29 is 9.13 Å². The van der Waals surface area contributed by atoms with Crippen LogP contribution in [-0.4, -0.2) is 6.10 Å². The highest BCUT2D eigenvalue weighted by Gasteiger charge is 1.97. The summed E-state index contributed by atoms with van der Waals surface area (Å²) in [5.41, 5.74) is 0. The average Bonchev–Trinajstić information content (AvgIpc) is 1.85. The van der Waals surface area contributed by atoms with Crippen molar-refractivity contribution in [1.82, 2.24) is 0 Å². The first-order valence-electron chi connectivity index (χ1n) is 3.52. The first kappa shape index (κ1) is 8.05. The van der Waals surface area contributed by atoms with E-state index >= 15 is 0 Å². The molecular weight excluding hydrogens is 143 g/mol. The summed E-state index contributed by atoms with van der Waals surface area (Å²) in [7, 11) is 0. The molecule has 1 rings (SSSR count). The Morgan fingerprint density at radius 2 is 2.27 bits per heavy atom. The Balaban J connectivity index is 2.71. The van der Waals surface area contributed by atoms with Gasteiger partial charge in [0.05, 0.1) is 6.10 Å². The quantitative estimate of drug-likeness (QED) is 0.634. The summed E-state index contributed by atoms with van der Waals surface area (Å²) in [6.07, 6.45) is 0.0804.